The zero-order valence-corrected chi connectivity index (χ0v) is 19.7. The molecule has 1 amide bonds. The summed E-state index contributed by atoms with van der Waals surface area (Å²) < 4.78 is 0.946. The van der Waals surface area contributed by atoms with E-state index < -0.39 is 0 Å². The number of benzene rings is 2. The van der Waals surface area contributed by atoms with Crippen molar-refractivity contribution < 1.29 is 4.79 Å². The van der Waals surface area contributed by atoms with Crippen molar-refractivity contribution in [2.75, 3.05) is 0 Å². The van der Waals surface area contributed by atoms with Gasteiger partial charge < -0.3 is 5.32 Å². The maximum Gasteiger partial charge on any atom is 0.252 e. The molecule has 1 aliphatic carbocycles. The van der Waals surface area contributed by atoms with E-state index >= 15 is 0 Å². The summed E-state index contributed by atoms with van der Waals surface area (Å²) in [7, 11) is 0. The summed E-state index contributed by atoms with van der Waals surface area (Å²) in [4.78, 5) is 18.3. The van der Waals surface area contributed by atoms with Crippen LogP contribution in [-0.4, -0.2) is 16.9 Å². The summed E-state index contributed by atoms with van der Waals surface area (Å²) in [6, 6.07) is 16.4. The molecule has 3 nitrogen and oxygen atoms in total. The van der Waals surface area contributed by atoms with Crippen LogP contribution in [0.25, 0.3) is 22.2 Å². The van der Waals surface area contributed by atoms with Crippen LogP contribution >= 0.6 is 15.9 Å². The molecule has 0 aliphatic heterocycles. The number of hydrogen-bond acceptors (Lipinski definition) is 2. The molecular weight excluding hydrogens is 436 g/mol. The van der Waals surface area contributed by atoms with Crippen LogP contribution < -0.4 is 5.32 Å². The monoisotopic (exact) mass is 464 g/mol. The molecule has 0 saturated heterocycles. The zero-order valence-electron chi connectivity index (χ0n) is 18.1. The Bertz CT molecular complexity index is 1090. The third kappa shape index (κ3) is 4.59. The third-order valence-electron chi connectivity index (χ3n) is 6.08. The lowest BCUT2D eigenvalue weighted by Gasteiger charge is -2.39. The van der Waals surface area contributed by atoms with Gasteiger partial charge in [-0.25, -0.2) is 4.98 Å². The number of nitrogens with zero attached hydrogens (tertiary/aromatic N) is 1. The molecule has 1 saturated carbocycles. The Kier molecular flexibility index (Phi) is 5.71. The van der Waals surface area contributed by atoms with E-state index in [1.165, 1.54) is 12.0 Å². The van der Waals surface area contributed by atoms with E-state index in [0.29, 0.717) is 11.5 Å². The molecule has 2 aromatic carbocycles. The summed E-state index contributed by atoms with van der Waals surface area (Å²) >= 11 is 3.55. The number of rotatable bonds is 3. The number of pyridine rings is 1. The van der Waals surface area contributed by atoms with Crippen molar-refractivity contribution in [2.24, 2.45) is 11.3 Å². The molecule has 1 aliphatic rings. The normalized spacial score (nSPS) is 20.8. The molecule has 1 aromatic heterocycles. The number of nitrogens with one attached hydrogen (secondary N) is 1. The van der Waals surface area contributed by atoms with Crippen LogP contribution in [0.15, 0.2) is 53.0 Å². The average molecular weight is 465 g/mol. The predicted molar refractivity (Wildman–Crippen MR) is 128 cm³/mol. The Morgan fingerprint density at radius 1 is 1.10 bits per heavy atom. The summed E-state index contributed by atoms with van der Waals surface area (Å²) in [5, 5.41) is 4.21. The van der Waals surface area contributed by atoms with Gasteiger partial charge in [-0.15, -0.1) is 0 Å². The van der Waals surface area contributed by atoms with Gasteiger partial charge in [0.25, 0.3) is 5.91 Å². The lowest BCUT2D eigenvalue weighted by atomic mass is 9.70. The highest BCUT2D eigenvalue weighted by molar-refractivity contribution is 9.10. The van der Waals surface area contributed by atoms with E-state index in [2.05, 4.69) is 73.2 Å². The Morgan fingerprint density at radius 2 is 1.83 bits per heavy atom. The minimum atomic E-state index is -0.0104. The van der Waals surface area contributed by atoms with Crippen molar-refractivity contribution in [1.82, 2.24) is 10.3 Å². The predicted octanol–water partition coefficient (Wildman–Crippen LogP) is 6.92. The van der Waals surface area contributed by atoms with Gasteiger partial charge in [0.05, 0.1) is 16.8 Å². The van der Waals surface area contributed by atoms with Crippen LogP contribution in [0.2, 0.25) is 0 Å². The van der Waals surface area contributed by atoms with Crippen LogP contribution in [0.1, 0.15) is 56.0 Å². The smallest absolute Gasteiger partial charge is 0.252 e. The average Bonchev–Trinajstić information content (AvgIpc) is 2.66. The number of carbonyl (C=O) groups is 1. The standard InChI is InChI=1S/C26H29BrN2O/c1-16-5-7-18(8-6-16)24-13-22(21-12-19(27)9-10-23(21)29-24)25(30)28-20-11-17(2)14-26(3,4)15-20/h5-10,12-13,17,20H,11,14-15H2,1-4H3,(H,28,30). The van der Waals surface area contributed by atoms with Crippen LogP contribution in [-0.2, 0) is 0 Å². The number of hydrogen-bond donors (Lipinski definition) is 1. The van der Waals surface area contributed by atoms with Crippen molar-refractivity contribution in [3.63, 3.8) is 0 Å². The van der Waals surface area contributed by atoms with Gasteiger partial charge in [0.1, 0.15) is 0 Å². The van der Waals surface area contributed by atoms with Crippen molar-refractivity contribution >= 4 is 32.7 Å². The number of halogens is 1. The second-order valence-electron chi connectivity index (χ2n) is 9.67. The topological polar surface area (TPSA) is 42.0 Å². The molecule has 2 unspecified atom stereocenters. The first-order valence-electron chi connectivity index (χ1n) is 10.7. The number of fused-ring (bicyclic) bond motifs is 1. The molecule has 0 spiro atoms. The molecule has 0 bridgehead atoms. The fourth-order valence-electron chi connectivity index (χ4n) is 4.98. The molecule has 156 valence electrons. The maximum atomic E-state index is 13.4. The van der Waals surface area contributed by atoms with E-state index in [1.807, 2.05) is 24.3 Å². The third-order valence-corrected chi connectivity index (χ3v) is 6.58. The van der Waals surface area contributed by atoms with Crippen LogP contribution in [0.4, 0.5) is 0 Å². The Labute approximate surface area is 187 Å². The van der Waals surface area contributed by atoms with E-state index in [9.17, 15) is 4.79 Å². The second kappa shape index (κ2) is 8.14. The summed E-state index contributed by atoms with van der Waals surface area (Å²) in [5.41, 5.74) is 4.83. The summed E-state index contributed by atoms with van der Waals surface area (Å²) in [6.45, 7) is 8.96. The minimum absolute atomic E-state index is 0.0104. The first-order chi connectivity index (χ1) is 14.2. The molecule has 3 aromatic rings. The van der Waals surface area contributed by atoms with E-state index in [0.717, 1.165) is 39.5 Å². The van der Waals surface area contributed by atoms with Gasteiger partial charge in [-0.2, -0.15) is 0 Å². The lowest BCUT2D eigenvalue weighted by molar-refractivity contribution is 0.0876. The molecule has 4 rings (SSSR count). The molecule has 1 fully saturated rings. The fraction of sp³-hybridized carbons (Fsp3) is 0.385. The highest BCUT2D eigenvalue weighted by Gasteiger charge is 2.33. The van der Waals surface area contributed by atoms with Crippen molar-refractivity contribution in [3.8, 4) is 11.3 Å². The maximum absolute atomic E-state index is 13.4. The Hall–Kier alpha value is -2.20. The van der Waals surface area contributed by atoms with Gasteiger partial charge >= 0.3 is 0 Å². The zero-order chi connectivity index (χ0) is 21.5. The van der Waals surface area contributed by atoms with Gasteiger partial charge in [0, 0.05) is 21.5 Å². The highest BCUT2D eigenvalue weighted by Crippen LogP contribution is 2.38. The van der Waals surface area contributed by atoms with Gasteiger partial charge in [-0.1, -0.05) is 66.5 Å². The number of aryl methyl sites for hydroxylation is 1. The quantitative estimate of drug-likeness (QED) is 0.456. The first kappa shape index (κ1) is 21.0. The largest absolute Gasteiger partial charge is 0.349 e. The van der Waals surface area contributed by atoms with Gasteiger partial charge in [-0.3, -0.25) is 4.79 Å². The van der Waals surface area contributed by atoms with Gasteiger partial charge in [0.15, 0.2) is 0 Å². The van der Waals surface area contributed by atoms with E-state index in [4.69, 9.17) is 4.98 Å². The second-order valence-corrected chi connectivity index (χ2v) is 10.6. The van der Waals surface area contributed by atoms with Crippen molar-refractivity contribution in [2.45, 2.75) is 53.0 Å². The fourth-order valence-corrected chi connectivity index (χ4v) is 5.34. The molecule has 30 heavy (non-hydrogen) atoms. The molecule has 4 heteroatoms. The van der Waals surface area contributed by atoms with E-state index in [1.54, 1.807) is 0 Å². The van der Waals surface area contributed by atoms with Crippen LogP contribution in [0, 0.1) is 18.3 Å². The van der Waals surface area contributed by atoms with Crippen LogP contribution in [0.3, 0.4) is 0 Å². The first-order valence-corrected chi connectivity index (χ1v) is 11.5. The molecule has 2 atom stereocenters. The SMILES string of the molecule is Cc1ccc(-c2cc(C(=O)NC3CC(C)CC(C)(C)C3)c3cc(Br)ccc3n2)cc1. The molecule has 0 radical (unpaired) electrons. The Morgan fingerprint density at radius 3 is 2.53 bits per heavy atom. The lowest BCUT2D eigenvalue weighted by Crippen LogP contribution is -2.43. The number of carbonyl (C=O) groups excluding carboxylic acids is 1. The van der Waals surface area contributed by atoms with Gasteiger partial charge in [-0.05, 0) is 61.8 Å². The highest BCUT2D eigenvalue weighted by atomic mass is 79.9. The molecular formula is C26H29BrN2O. The Balaban J connectivity index is 1.73. The van der Waals surface area contributed by atoms with Crippen LogP contribution in [0.5, 0.6) is 0 Å². The van der Waals surface area contributed by atoms with Gasteiger partial charge in [0.2, 0.25) is 0 Å². The summed E-state index contributed by atoms with van der Waals surface area (Å²) in [6.07, 6.45) is 3.26. The van der Waals surface area contributed by atoms with E-state index in [-0.39, 0.29) is 17.4 Å². The van der Waals surface area contributed by atoms with Crippen molar-refractivity contribution in [3.05, 3.63) is 64.1 Å². The molecule has 1 heterocycles. The molecule has 1 N–H and O–H groups in total. The van der Waals surface area contributed by atoms with Crippen molar-refractivity contribution in [1.29, 1.82) is 0 Å². The number of aromatic nitrogens is 1. The summed E-state index contributed by atoms with van der Waals surface area (Å²) in [5.74, 6) is 0.606. The number of amides is 1. The minimum Gasteiger partial charge on any atom is -0.349 e.